The van der Waals surface area contributed by atoms with Crippen molar-refractivity contribution in [1.82, 2.24) is 0 Å². The summed E-state index contributed by atoms with van der Waals surface area (Å²) in [5.41, 5.74) is -1.88. The first-order valence-corrected chi connectivity index (χ1v) is 7.25. The Kier molecular flexibility index (Phi) is 9.18. The molecule has 0 bridgehead atoms. The number of carbonyl (C=O) groups excluding carboxylic acids is 5. The Labute approximate surface area is 144 Å². The van der Waals surface area contributed by atoms with Crippen LogP contribution in [0.2, 0.25) is 0 Å². The minimum absolute atomic E-state index is 0.509. The van der Waals surface area contributed by atoms with Gasteiger partial charge in [-0.25, -0.2) is 0 Å². The Morgan fingerprint density at radius 1 is 0.680 bits per heavy atom. The van der Waals surface area contributed by atoms with Gasteiger partial charge in [0.1, 0.15) is 19.8 Å². The summed E-state index contributed by atoms with van der Waals surface area (Å²) in [6.07, 6.45) is -1.38. The average molecular weight is 362 g/mol. The predicted octanol–water partition coefficient (Wildman–Crippen LogP) is -0.0907. The van der Waals surface area contributed by atoms with Gasteiger partial charge >= 0.3 is 29.8 Å². The van der Waals surface area contributed by atoms with Crippen LogP contribution in [0.3, 0.4) is 0 Å². The number of carbonyl (C=O) groups is 5. The third-order valence-electron chi connectivity index (χ3n) is 2.72. The second kappa shape index (κ2) is 10.3. The highest BCUT2D eigenvalue weighted by molar-refractivity contribution is 5.69. The standard InChI is InChI=1S/C15H22O10/c1-9(16)21-6-14(24-12(4)19)15(25-13(5)20,7-22-10(2)17)8-23-11(3)18/h14H,6-8H2,1-5H3/t14-/m0/s1. The van der Waals surface area contributed by atoms with Gasteiger partial charge in [0.25, 0.3) is 0 Å². The van der Waals surface area contributed by atoms with Crippen molar-refractivity contribution < 1.29 is 47.7 Å². The molecule has 0 rings (SSSR count). The van der Waals surface area contributed by atoms with E-state index in [0.29, 0.717) is 0 Å². The summed E-state index contributed by atoms with van der Waals surface area (Å²) in [6, 6.07) is 0. The Bertz CT molecular complexity index is 506. The van der Waals surface area contributed by atoms with E-state index in [0.717, 1.165) is 34.6 Å². The lowest BCUT2D eigenvalue weighted by Crippen LogP contribution is -2.57. The van der Waals surface area contributed by atoms with Crippen LogP contribution >= 0.6 is 0 Å². The molecule has 0 amide bonds. The fourth-order valence-corrected chi connectivity index (χ4v) is 1.77. The van der Waals surface area contributed by atoms with Crippen molar-refractivity contribution in [3.63, 3.8) is 0 Å². The van der Waals surface area contributed by atoms with Gasteiger partial charge in [-0.2, -0.15) is 0 Å². The predicted molar refractivity (Wildman–Crippen MR) is 80.0 cm³/mol. The Hall–Kier alpha value is -2.65. The molecule has 0 aromatic carbocycles. The highest BCUT2D eigenvalue weighted by Crippen LogP contribution is 2.23. The zero-order valence-electron chi connectivity index (χ0n) is 14.8. The fraction of sp³-hybridized carbons (Fsp3) is 0.667. The number of hydrogen-bond donors (Lipinski definition) is 0. The molecule has 0 fully saturated rings. The number of hydrogen-bond acceptors (Lipinski definition) is 10. The van der Waals surface area contributed by atoms with Crippen LogP contribution in [0, 0.1) is 0 Å². The lowest BCUT2D eigenvalue weighted by molar-refractivity contribution is -0.215. The molecule has 0 spiro atoms. The first kappa shape index (κ1) is 22.4. The van der Waals surface area contributed by atoms with Crippen LogP contribution in [0.1, 0.15) is 34.6 Å². The zero-order chi connectivity index (χ0) is 19.6. The molecular formula is C15H22O10. The van der Waals surface area contributed by atoms with Crippen LogP contribution < -0.4 is 0 Å². The molecule has 0 aromatic heterocycles. The molecule has 0 N–H and O–H groups in total. The van der Waals surface area contributed by atoms with Crippen LogP contribution in [0.25, 0.3) is 0 Å². The van der Waals surface area contributed by atoms with Crippen LogP contribution in [0.5, 0.6) is 0 Å². The molecule has 0 saturated carbocycles. The quantitative estimate of drug-likeness (QED) is 0.405. The lowest BCUT2D eigenvalue weighted by atomic mass is 9.98. The Morgan fingerprint density at radius 2 is 1.12 bits per heavy atom. The van der Waals surface area contributed by atoms with Gasteiger partial charge in [0.15, 0.2) is 6.10 Å². The van der Waals surface area contributed by atoms with Crippen LogP contribution in [0.15, 0.2) is 0 Å². The molecule has 0 aliphatic heterocycles. The van der Waals surface area contributed by atoms with E-state index in [9.17, 15) is 24.0 Å². The SMILES string of the molecule is CC(=O)OC[C@H](OC(C)=O)C(COC(C)=O)(COC(C)=O)OC(C)=O. The maximum absolute atomic E-state index is 11.5. The van der Waals surface area contributed by atoms with Crippen molar-refractivity contribution in [2.75, 3.05) is 19.8 Å². The molecule has 0 aromatic rings. The molecule has 1 atom stereocenters. The molecule has 0 aliphatic carbocycles. The second-order valence-electron chi connectivity index (χ2n) is 5.12. The number of ether oxygens (including phenoxy) is 5. The zero-order valence-corrected chi connectivity index (χ0v) is 14.8. The summed E-state index contributed by atoms with van der Waals surface area (Å²) in [5, 5.41) is 0. The van der Waals surface area contributed by atoms with E-state index in [2.05, 4.69) is 0 Å². The molecule has 0 saturated heterocycles. The Morgan fingerprint density at radius 3 is 1.44 bits per heavy atom. The summed E-state index contributed by atoms with van der Waals surface area (Å²) in [6.45, 7) is 3.79. The van der Waals surface area contributed by atoms with E-state index < -0.39 is 61.4 Å². The van der Waals surface area contributed by atoms with Gasteiger partial charge in [0, 0.05) is 34.6 Å². The summed E-state index contributed by atoms with van der Waals surface area (Å²) >= 11 is 0. The van der Waals surface area contributed by atoms with Crippen LogP contribution in [-0.2, 0) is 47.7 Å². The largest absolute Gasteiger partial charge is 0.462 e. The first-order chi connectivity index (χ1) is 11.5. The van der Waals surface area contributed by atoms with Gasteiger partial charge in [0.2, 0.25) is 5.60 Å². The number of rotatable bonds is 9. The van der Waals surface area contributed by atoms with Gasteiger partial charge in [-0.15, -0.1) is 0 Å². The van der Waals surface area contributed by atoms with Gasteiger partial charge in [-0.1, -0.05) is 0 Å². The van der Waals surface area contributed by atoms with E-state index in [4.69, 9.17) is 23.7 Å². The van der Waals surface area contributed by atoms with E-state index in [1.165, 1.54) is 0 Å². The molecule has 0 unspecified atom stereocenters. The third kappa shape index (κ3) is 9.28. The highest BCUT2D eigenvalue weighted by atomic mass is 16.6. The van der Waals surface area contributed by atoms with Crippen LogP contribution in [0.4, 0.5) is 0 Å². The molecule has 0 radical (unpaired) electrons. The smallest absolute Gasteiger partial charge is 0.303 e. The van der Waals surface area contributed by atoms with Gasteiger partial charge < -0.3 is 23.7 Å². The van der Waals surface area contributed by atoms with Crippen molar-refractivity contribution in [3.05, 3.63) is 0 Å². The van der Waals surface area contributed by atoms with Crippen molar-refractivity contribution in [1.29, 1.82) is 0 Å². The summed E-state index contributed by atoms with van der Waals surface area (Å²) in [5.74, 6) is -3.71. The second-order valence-corrected chi connectivity index (χ2v) is 5.12. The van der Waals surface area contributed by atoms with Crippen LogP contribution in [-0.4, -0.2) is 61.4 Å². The summed E-state index contributed by atoms with van der Waals surface area (Å²) in [4.78, 5) is 56.3. The van der Waals surface area contributed by atoms with Crippen molar-refractivity contribution in [2.24, 2.45) is 0 Å². The summed E-state index contributed by atoms with van der Waals surface area (Å²) in [7, 11) is 0. The molecule has 142 valence electrons. The molecule has 10 nitrogen and oxygen atoms in total. The number of esters is 5. The fourth-order valence-electron chi connectivity index (χ4n) is 1.77. The van der Waals surface area contributed by atoms with Crippen molar-refractivity contribution in [2.45, 2.75) is 46.3 Å². The van der Waals surface area contributed by atoms with Gasteiger partial charge in [-0.3, -0.25) is 24.0 Å². The van der Waals surface area contributed by atoms with E-state index >= 15 is 0 Å². The van der Waals surface area contributed by atoms with Gasteiger partial charge in [-0.05, 0) is 0 Å². The average Bonchev–Trinajstić information content (AvgIpc) is 2.45. The summed E-state index contributed by atoms with van der Waals surface area (Å²) < 4.78 is 24.8. The maximum Gasteiger partial charge on any atom is 0.303 e. The minimum Gasteiger partial charge on any atom is -0.462 e. The molecule has 0 heterocycles. The lowest BCUT2D eigenvalue weighted by Gasteiger charge is -2.37. The molecule has 0 aliphatic rings. The molecule has 10 heteroatoms. The minimum atomic E-state index is -1.88. The first-order valence-electron chi connectivity index (χ1n) is 7.25. The van der Waals surface area contributed by atoms with E-state index in [1.807, 2.05) is 0 Å². The molecular weight excluding hydrogens is 340 g/mol. The monoisotopic (exact) mass is 362 g/mol. The maximum atomic E-state index is 11.5. The topological polar surface area (TPSA) is 132 Å². The normalized spacial score (nSPS) is 11.7. The third-order valence-corrected chi connectivity index (χ3v) is 2.72. The van der Waals surface area contributed by atoms with Gasteiger partial charge in [0.05, 0.1) is 0 Å². The highest BCUT2D eigenvalue weighted by Gasteiger charge is 2.48. The Balaban J connectivity index is 5.80. The van der Waals surface area contributed by atoms with Crippen molar-refractivity contribution in [3.8, 4) is 0 Å². The molecule has 25 heavy (non-hydrogen) atoms. The van der Waals surface area contributed by atoms with E-state index in [1.54, 1.807) is 0 Å². The van der Waals surface area contributed by atoms with E-state index in [-0.39, 0.29) is 0 Å². The van der Waals surface area contributed by atoms with Crippen molar-refractivity contribution >= 4 is 29.8 Å².